The predicted octanol–water partition coefficient (Wildman–Crippen LogP) is 3.06. The maximum absolute atomic E-state index is 12.4. The molecule has 0 aliphatic rings. The summed E-state index contributed by atoms with van der Waals surface area (Å²) in [5, 5.41) is 11.0. The molecule has 0 aromatic carbocycles. The monoisotopic (exact) mass is 269 g/mol. The first kappa shape index (κ1) is 13.5. The molecule has 0 spiro atoms. The second-order valence-electron chi connectivity index (χ2n) is 4.34. The van der Waals surface area contributed by atoms with Crippen LogP contribution in [-0.4, -0.2) is 19.6 Å². The van der Waals surface area contributed by atoms with Gasteiger partial charge in [0.2, 0.25) is 0 Å². The summed E-state index contributed by atoms with van der Waals surface area (Å²) in [5.41, 5.74) is 1.00. The summed E-state index contributed by atoms with van der Waals surface area (Å²) in [4.78, 5) is 0. The van der Waals surface area contributed by atoms with Gasteiger partial charge in [0.15, 0.2) is 0 Å². The Morgan fingerprint density at radius 1 is 1.37 bits per heavy atom. The number of halogens is 2. The second kappa shape index (κ2) is 5.81. The van der Waals surface area contributed by atoms with Crippen LogP contribution in [0.15, 0.2) is 24.5 Å². The van der Waals surface area contributed by atoms with Crippen molar-refractivity contribution in [2.75, 3.05) is 5.32 Å². The third-order valence-electron chi connectivity index (χ3n) is 3.02. The van der Waals surface area contributed by atoms with Crippen molar-refractivity contribution in [3.05, 3.63) is 30.2 Å². The maximum atomic E-state index is 12.4. The SMILES string of the molecule is CC[C@@H](C)n1nccc1CNc1ccn(C(F)F)n1. The molecule has 2 aromatic heterocycles. The van der Waals surface area contributed by atoms with Crippen LogP contribution in [0.3, 0.4) is 0 Å². The highest BCUT2D eigenvalue weighted by Gasteiger charge is 2.10. The van der Waals surface area contributed by atoms with Crippen molar-refractivity contribution in [2.24, 2.45) is 0 Å². The van der Waals surface area contributed by atoms with Crippen molar-refractivity contribution in [2.45, 2.75) is 39.4 Å². The number of nitrogens with zero attached hydrogens (tertiary/aromatic N) is 4. The van der Waals surface area contributed by atoms with Crippen LogP contribution in [0.25, 0.3) is 0 Å². The molecule has 0 aliphatic carbocycles. The van der Waals surface area contributed by atoms with Gasteiger partial charge in [-0.2, -0.15) is 19.0 Å². The summed E-state index contributed by atoms with van der Waals surface area (Å²) in [6.45, 7) is 2.07. The molecule has 0 amide bonds. The Labute approximate surface area is 110 Å². The number of aromatic nitrogens is 4. The molecular weight excluding hydrogens is 252 g/mol. The van der Waals surface area contributed by atoms with Crippen LogP contribution in [0.2, 0.25) is 0 Å². The third kappa shape index (κ3) is 3.10. The zero-order chi connectivity index (χ0) is 13.8. The Morgan fingerprint density at radius 3 is 2.79 bits per heavy atom. The molecule has 0 unspecified atom stereocenters. The van der Waals surface area contributed by atoms with E-state index in [1.807, 2.05) is 10.7 Å². The zero-order valence-corrected chi connectivity index (χ0v) is 10.9. The molecular formula is C12H17F2N5. The van der Waals surface area contributed by atoms with Gasteiger partial charge in [-0.1, -0.05) is 6.92 Å². The van der Waals surface area contributed by atoms with Crippen LogP contribution in [0.4, 0.5) is 14.6 Å². The van der Waals surface area contributed by atoms with E-state index in [1.54, 1.807) is 6.20 Å². The first-order valence-corrected chi connectivity index (χ1v) is 6.21. The van der Waals surface area contributed by atoms with Crippen LogP contribution in [0, 0.1) is 0 Å². The van der Waals surface area contributed by atoms with E-state index in [2.05, 4.69) is 29.4 Å². The van der Waals surface area contributed by atoms with Crippen molar-refractivity contribution in [1.82, 2.24) is 19.6 Å². The predicted molar refractivity (Wildman–Crippen MR) is 68.0 cm³/mol. The van der Waals surface area contributed by atoms with Crippen LogP contribution in [0.5, 0.6) is 0 Å². The summed E-state index contributed by atoms with van der Waals surface area (Å²) in [5.74, 6) is 0.428. The van der Waals surface area contributed by atoms with E-state index in [-0.39, 0.29) is 0 Å². The highest BCUT2D eigenvalue weighted by atomic mass is 19.3. The van der Waals surface area contributed by atoms with Gasteiger partial charge in [-0.25, -0.2) is 4.68 Å². The van der Waals surface area contributed by atoms with Gasteiger partial charge < -0.3 is 5.32 Å². The Bertz CT molecular complexity index is 520. The van der Waals surface area contributed by atoms with E-state index >= 15 is 0 Å². The number of hydrogen-bond donors (Lipinski definition) is 1. The first-order chi connectivity index (χ1) is 9.11. The second-order valence-corrected chi connectivity index (χ2v) is 4.34. The first-order valence-electron chi connectivity index (χ1n) is 6.21. The van der Waals surface area contributed by atoms with E-state index in [4.69, 9.17) is 0 Å². The lowest BCUT2D eigenvalue weighted by Gasteiger charge is -2.13. The van der Waals surface area contributed by atoms with E-state index in [9.17, 15) is 8.78 Å². The number of alkyl halides is 2. The zero-order valence-electron chi connectivity index (χ0n) is 10.9. The van der Waals surface area contributed by atoms with E-state index in [0.717, 1.165) is 12.1 Å². The normalized spacial score (nSPS) is 12.9. The molecule has 19 heavy (non-hydrogen) atoms. The van der Waals surface area contributed by atoms with E-state index in [0.29, 0.717) is 23.1 Å². The van der Waals surface area contributed by atoms with Crippen LogP contribution < -0.4 is 5.32 Å². The lowest BCUT2D eigenvalue weighted by molar-refractivity contribution is 0.0569. The number of rotatable bonds is 6. The quantitative estimate of drug-likeness (QED) is 0.876. The third-order valence-corrected chi connectivity index (χ3v) is 3.02. The van der Waals surface area contributed by atoms with Gasteiger partial charge in [-0.15, -0.1) is 0 Å². The molecule has 1 N–H and O–H groups in total. The van der Waals surface area contributed by atoms with Crippen LogP contribution in [0.1, 0.15) is 38.6 Å². The van der Waals surface area contributed by atoms with Crippen molar-refractivity contribution in [1.29, 1.82) is 0 Å². The van der Waals surface area contributed by atoms with Crippen molar-refractivity contribution >= 4 is 5.82 Å². The molecule has 0 saturated heterocycles. The van der Waals surface area contributed by atoms with E-state index in [1.165, 1.54) is 12.3 Å². The van der Waals surface area contributed by atoms with Gasteiger partial charge in [0.1, 0.15) is 5.82 Å². The number of anilines is 1. The maximum Gasteiger partial charge on any atom is 0.333 e. The van der Waals surface area contributed by atoms with Crippen LogP contribution >= 0.6 is 0 Å². The molecule has 2 heterocycles. The Balaban J connectivity index is 2.00. The average Bonchev–Trinajstić information content (AvgIpc) is 3.04. The van der Waals surface area contributed by atoms with Gasteiger partial charge in [-0.05, 0) is 19.4 Å². The Morgan fingerprint density at radius 2 is 2.16 bits per heavy atom. The summed E-state index contributed by atoms with van der Waals surface area (Å²) >= 11 is 0. The average molecular weight is 269 g/mol. The number of nitrogens with one attached hydrogen (secondary N) is 1. The fourth-order valence-electron chi connectivity index (χ4n) is 1.77. The topological polar surface area (TPSA) is 47.7 Å². The van der Waals surface area contributed by atoms with Gasteiger partial charge in [0.05, 0.1) is 12.2 Å². The minimum atomic E-state index is -2.61. The lowest BCUT2D eigenvalue weighted by atomic mass is 10.2. The van der Waals surface area contributed by atoms with Crippen molar-refractivity contribution in [3.63, 3.8) is 0 Å². The molecule has 7 heteroatoms. The fraction of sp³-hybridized carbons (Fsp3) is 0.500. The summed E-state index contributed by atoms with van der Waals surface area (Å²) in [6, 6.07) is 3.74. The molecule has 0 fully saturated rings. The standard InChI is InChI=1S/C12H17F2N5/c1-3-9(2)19-10(4-6-16-19)8-15-11-5-7-18(17-11)12(13)14/h4-7,9,12H,3,8H2,1-2H3,(H,15,17)/t9-/m1/s1. The molecule has 0 aliphatic heterocycles. The van der Waals surface area contributed by atoms with Gasteiger partial charge in [-0.3, -0.25) is 4.68 Å². The highest BCUT2D eigenvalue weighted by molar-refractivity contribution is 5.32. The smallest absolute Gasteiger partial charge is 0.333 e. The summed E-state index contributed by atoms with van der Waals surface area (Å²) in [7, 11) is 0. The van der Waals surface area contributed by atoms with E-state index < -0.39 is 6.55 Å². The van der Waals surface area contributed by atoms with Crippen molar-refractivity contribution in [3.8, 4) is 0 Å². The molecule has 0 saturated carbocycles. The Hall–Kier alpha value is -1.92. The summed E-state index contributed by atoms with van der Waals surface area (Å²) in [6.07, 6.45) is 3.97. The van der Waals surface area contributed by atoms with Crippen LogP contribution in [-0.2, 0) is 6.54 Å². The molecule has 104 valence electrons. The van der Waals surface area contributed by atoms with Gasteiger partial charge in [0.25, 0.3) is 0 Å². The van der Waals surface area contributed by atoms with Crippen molar-refractivity contribution < 1.29 is 8.78 Å². The summed E-state index contributed by atoms with van der Waals surface area (Å²) < 4.78 is 27.3. The molecule has 2 rings (SSSR count). The Kier molecular flexibility index (Phi) is 4.13. The minimum absolute atomic E-state index is 0.311. The molecule has 2 aromatic rings. The van der Waals surface area contributed by atoms with Gasteiger partial charge in [0, 0.05) is 24.5 Å². The lowest BCUT2D eigenvalue weighted by Crippen LogP contribution is -2.13. The highest BCUT2D eigenvalue weighted by Crippen LogP contribution is 2.15. The molecule has 0 radical (unpaired) electrons. The largest absolute Gasteiger partial charge is 0.363 e. The molecule has 1 atom stereocenters. The minimum Gasteiger partial charge on any atom is -0.363 e. The molecule has 5 nitrogen and oxygen atoms in total. The number of hydrogen-bond acceptors (Lipinski definition) is 3. The molecule has 0 bridgehead atoms. The van der Waals surface area contributed by atoms with Gasteiger partial charge >= 0.3 is 6.55 Å². The fourth-order valence-corrected chi connectivity index (χ4v) is 1.77.